The van der Waals surface area contributed by atoms with Gasteiger partial charge in [-0.25, -0.2) is 4.79 Å². The standard InChI is InChI=1S/C13H14N2O3S/c1-7(2)19-9-5-3-8(4-6-9)10-11(13(17)18)14-15-12(10)16/h3-7H,1-2H3,(H,17,18)(H2,14,15,16). The minimum absolute atomic E-state index is 0.116. The van der Waals surface area contributed by atoms with Gasteiger partial charge in [-0.15, -0.1) is 11.8 Å². The van der Waals surface area contributed by atoms with Crippen molar-refractivity contribution in [1.29, 1.82) is 0 Å². The van der Waals surface area contributed by atoms with Crippen LogP contribution in [0.1, 0.15) is 24.3 Å². The molecule has 0 aliphatic carbocycles. The summed E-state index contributed by atoms with van der Waals surface area (Å²) in [6.07, 6.45) is 0. The maximum atomic E-state index is 11.7. The molecule has 100 valence electrons. The number of hydrogen-bond donors (Lipinski definition) is 3. The van der Waals surface area contributed by atoms with E-state index in [1.54, 1.807) is 23.9 Å². The average Bonchev–Trinajstić information content (AvgIpc) is 2.71. The quantitative estimate of drug-likeness (QED) is 0.750. The van der Waals surface area contributed by atoms with E-state index < -0.39 is 11.5 Å². The van der Waals surface area contributed by atoms with Crippen molar-refractivity contribution in [2.24, 2.45) is 0 Å². The Labute approximate surface area is 114 Å². The van der Waals surface area contributed by atoms with Gasteiger partial charge in [0.25, 0.3) is 5.56 Å². The van der Waals surface area contributed by atoms with Crippen molar-refractivity contribution in [3.63, 3.8) is 0 Å². The molecule has 0 fully saturated rings. The lowest BCUT2D eigenvalue weighted by Crippen LogP contribution is -2.05. The van der Waals surface area contributed by atoms with Gasteiger partial charge in [0.15, 0.2) is 5.69 Å². The summed E-state index contributed by atoms with van der Waals surface area (Å²) in [5, 5.41) is 14.2. The maximum absolute atomic E-state index is 11.7. The molecule has 0 atom stereocenters. The van der Waals surface area contributed by atoms with Gasteiger partial charge in [0, 0.05) is 10.1 Å². The van der Waals surface area contributed by atoms with E-state index in [0.717, 1.165) is 4.90 Å². The molecule has 0 aliphatic heterocycles. The van der Waals surface area contributed by atoms with E-state index in [-0.39, 0.29) is 11.3 Å². The van der Waals surface area contributed by atoms with Crippen LogP contribution in [0.15, 0.2) is 34.0 Å². The first kappa shape index (κ1) is 13.5. The summed E-state index contributed by atoms with van der Waals surface area (Å²) < 4.78 is 0. The molecule has 19 heavy (non-hydrogen) atoms. The second-order valence-electron chi connectivity index (χ2n) is 4.33. The van der Waals surface area contributed by atoms with Gasteiger partial charge in [-0.1, -0.05) is 26.0 Å². The summed E-state index contributed by atoms with van der Waals surface area (Å²) in [4.78, 5) is 23.8. The summed E-state index contributed by atoms with van der Waals surface area (Å²) in [5.41, 5.74) is 0.206. The second-order valence-corrected chi connectivity index (χ2v) is 5.98. The molecule has 2 aromatic rings. The van der Waals surface area contributed by atoms with E-state index in [9.17, 15) is 9.59 Å². The zero-order valence-electron chi connectivity index (χ0n) is 10.6. The highest BCUT2D eigenvalue weighted by molar-refractivity contribution is 7.99. The Balaban J connectivity index is 2.40. The number of rotatable bonds is 4. The van der Waals surface area contributed by atoms with Gasteiger partial charge in [0.1, 0.15) is 0 Å². The summed E-state index contributed by atoms with van der Waals surface area (Å²) in [5.74, 6) is -1.16. The average molecular weight is 278 g/mol. The molecule has 0 unspecified atom stereocenters. The van der Waals surface area contributed by atoms with Crippen LogP contribution in [-0.2, 0) is 0 Å². The highest BCUT2D eigenvalue weighted by Gasteiger charge is 2.17. The number of carboxylic acids is 1. The smallest absolute Gasteiger partial charge is 0.354 e. The fourth-order valence-electron chi connectivity index (χ4n) is 1.77. The topological polar surface area (TPSA) is 85.9 Å². The van der Waals surface area contributed by atoms with E-state index in [1.165, 1.54) is 0 Å². The fourth-order valence-corrected chi connectivity index (χ4v) is 2.60. The van der Waals surface area contributed by atoms with Gasteiger partial charge in [-0.05, 0) is 17.7 Å². The Bertz CT molecular complexity index is 641. The Morgan fingerprint density at radius 2 is 1.84 bits per heavy atom. The van der Waals surface area contributed by atoms with Crippen molar-refractivity contribution in [3.8, 4) is 11.1 Å². The number of aromatic carboxylic acids is 1. The molecule has 0 saturated carbocycles. The molecule has 2 rings (SSSR count). The largest absolute Gasteiger partial charge is 0.477 e. The first-order chi connectivity index (χ1) is 8.99. The third-order valence-electron chi connectivity index (χ3n) is 2.51. The van der Waals surface area contributed by atoms with Crippen molar-refractivity contribution >= 4 is 17.7 Å². The summed E-state index contributed by atoms with van der Waals surface area (Å²) in [7, 11) is 0. The molecule has 0 spiro atoms. The van der Waals surface area contributed by atoms with Crippen LogP contribution in [0.3, 0.4) is 0 Å². The van der Waals surface area contributed by atoms with E-state index >= 15 is 0 Å². The molecule has 5 nitrogen and oxygen atoms in total. The van der Waals surface area contributed by atoms with Crippen molar-refractivity contribution in [2.45, 2.75) is 24.0 Å². The number of aromatic nitrogens is 2. The second kappa shape index (κ2) is 5.36. The van der Waals surface area contributed by atoms with Gasteiger partial charge in [-0.3, -0.25) is 15.0 Å². The zero-order chi connectivity index (χ0) is 14.0. The highest BCUT2D eigenvalue weighted by Crippen LogP contribution is 2.26. The number of H-pyrrole nitrogens is 2. The molecule has 0 radical (unpaired) electrons. The van der Waals surface area contributed by atoms with Crippen molar-refractivity contribution in [1.82, 2.24) is 10.2 Å². The highest BCUT2D eigenvalue weighted by atomic mass is 32.2. The zero-order valence-corrected chi connectivity index (χ0v) is 11.4. The molecular weight excluding hydrogens is 264 g/mol. The molecule has 0 saturated heterocycles. The molecule has 0 bridgehead atoms. The van der Waals surface area contributed by atoms with Crippen LogP contribution in [0.5, 0.6) is 0 Å². The molecule has 0 amide bonds. The van der Waals surface area contributed by atoms with E-state index in [4.69, 9.17) is 5.11 Å². The summed E-state index contributed by atoms with van der Waals surface area (Å²) in [6, 6.07) is 7.29. The Morgan fingerprint density at radius 1 is 1.21 bits per heavy atom. The SMILES string of the molecule is CC(C)Sc1ccc(-c2c(C(=O)O)[nH][nH]c2=O)cc1. The van der Waals surface area contributed by atoms with Crippen molar-refractivity contribution in [3.05, 3.63) is 40.3 Å². The number of aromatic amines is 2. The monoisotopic (exact) mass is 278 g/mol. The van der Waals surface area contributed by atoms with Gasteiger partial charge in [0.2, 0.25) is 0 Å². The maximum Gasteiger partial charge on any atom is 0.354 e. The van der Waals surface area contributed by atoms with Crippen molar-refractivity contribution < 1.29 is 9.90 Å². The van der Waals surface area contributed by atoms with E-state index in [1.807, 2.05) is 12.1 Å². The molecule has 1 aromatic heterocycles. The van der Waals surface area contributed by atoms with E-state index in [2.05, 4.69) is 24.0 Å². The third-order valence-corrected chi connectivity index (χ3v) is 3.52. The Morgan fingerprint density at radius 3 is 2.37 bits per heavy atom. The van der Waals surface area contributed by atoms with Crippen LogP contribution in [0, 0.1) is 0 Å². The number of carbonyl (C=O) groups is 1. The van der Waals surface area contributed by atoms with Crippen LogP contribution in [0.2, 0.25) is 0 Å². The van der Waals surface area contributed by atoms with Crippen LogP contribution < -0.4 is 5.56 Å². The minimum Gasteiger partial charge on any atom is -0.477 e. The molecule has 0 aliphatic rings. The number of nitrogens with one attached hydrogen (secondary N) is 2. The lowest BCUT2D eigenvalue weighted by Gasteiger charge is -2.05. The summed E-state index contributed by atoms with van der Waals surface area (Å²) >= 11 is 1.71. The molecule has 1 aromatic carbocycles. The first-order valence-electron chi connectivity index (χ1n) is 5.80. The van der Waals surface area contributed by atoms with E-state index in [0.29, 0.717) is 10.8 Å². The van der Waals surface area contributed by atoms with Gasteiger partial charge < -0.3 is 5.11 Å². The minimum atomic E-state index is -1.16. The molecule has 6 heteroatoms. The Kier molecular flexibility index (Phi) is 3.80. The lowest BCUT2D eigenvalue weighted by atomic mass is 10.1. The molecule has 3 N–H and O–H groups in total. The van der Waals surface area contributed by atoms with Crippen molar-refractivity contribution in [2.75, 3.05) is 0 Å². The number of carboxylic acid groups (broad SMARTS) is 1. The predicted octanol–water partition coefficient (Wildman–Crippen LogP) is 2.57. The normalized spacial score (nSPS) is 10.9. The number of thioether (sulfide) groups is 1. The van der Waals surface area contributed by atoms with Crippen LogP contribution in [-0.4, -0.2) is 26.5 Å². The van der Waals surface area contributed by atoms with Crippen LogP contribution in [0.25, 0.3) is 11.1 Å². The van der Waals surface area contributed by atoms with Gasteiger partial charge in [-0.2, -0.15) is 0 Å². The third kappa shape index (κ3) is 2.90. The fraction of sp³-hybridized carbons (Fsp3) is 0.231. The van der Waals surface area contributed by atoms with Crippen LogP contribution >= 0.6 is 11.8 Å². The number of hydrogen-bond acceptors (Lipinski definition) is 3. The summed E-state index contributed by atoms with van der Waals surface area (Å²) in [6.45, 7) is 4.19. The number of benzene rings is 1. The van der Waals surface area contributed by atoms with Crippen LogP contribution in [0.4, 0.5) is 0 Å². The van der Waals surface area contributed by atoms with Gasteiger partial charge in [0.05, 0.1) is 5.56 Å². The predicted molar refractivity (Wildman–Crippen MR) is 74.8 cm³/mol. The van der Waals surface area contributed by atoms with Gasteiger partial charge >= 0.3 is 5.97 Å². The molecule has 1 heterocycles. The Hall–Kier alpha value is -1.95. The molecular formula is C13H14N2O3S. The first-order valence-corrected chi connectivity index (χ1v) is 6.68. The lowest BCUT2D eigenvalue weighted by molar-refractivity contribution is 0.0691.